The molecule has 4 nitrogen and oxygen atoms in total. The summed E-state index contributed by atoms with van der Waals surface area (Å²) < 4.78 is 10.5. The third-order valence-corrected chi connectivity index (χ3v) is 3.89. The Morgan fingerprint density at radius 1 is 1.12 bits per heavy atom. The van der Waals surface area contributed by atoms with Crippen molar-refractivity contribution in [3.05, 3.63) is 65.2 Å². The fourth-order valence-corrected chi connectivity index (χ4v) is 2.37. The Hall–Kier alpha value is -2.75. The van der Waals surface area contributed by atoms with Gasteiger partial charge in [-0.15, -0.1) is 0 Å². The zero-order valence-electron chi connectivity index (χ0n) is 14.6. The average Bonchev–Trinajstić information content (AvgIpc) is 2.61. The summed E-state index contributed by atoms with van der Waals surface area (Å²) in [5, 5.41) is 0. The largest absolute Gasteiger partial charge is 0.497 e. The van der Waals surface area contributed by atoms with Crippen LogP contribution in [0.1, 0.15) is 16.7 Å². The van der Waals surface area contributed by atoms with Gasteiger partial charge in [0.1, 0.15) is 11.5 Å². The Balaban J connectivity index is 2.08. The van der Waals surface area contributed by atoms with Crippen molar-refractivity contribution >= 4 is 12.0 Å². The molecule has 4 heteroatoms. The van der Waals surface area contributed by atoms with Crippen molar-refractivity contribution in [3.8, 4) is 11.5 Å². The molecule has 0 radical (unpaired) electrons. The highest BCUT2D eigenvalue weighted by atomic mass is 16.5. The van der Waals surface area contributed by atoms with Gasteiger partial charge in [-0.05, 0) is 36.3 Å². The first kappa shape index (κ1) is 17.6. The quantitative estimate of drug-likeness (QED) is 0.761. The molecule has 2 aromatic rings. The number of aryl methyl sites for hydroxylation is 1. The number of amides is 1. The molecule has 0 aromatic heterocycles. The van der Waals surface area contributed by atoms with E-state index in [9.17, 15) is 4.79 Å². The average molecular weight is 325 g/mol. The van der Waals surface area contributed by atoms with Crippen LogP contribution in [0.5, 0.6) is 11.5 Å². The number of rotatable bonds is 6. The number of carbonyl (C=O) groups excluding carboxylic acids is 1. The highest BCUT2D eigenvalue weighted by molar-refractivity contribution is 5.92. The summed E-state index contributed by atoms with van der Waals surface area (Å²) in [6.45, 7) is 2.63. The molecule has 0 aliphatic rings. The van der Waals surface area contributed by atoms with E-state index in [2.05, 4.69) is 0 Å². The first-order valence-electron chi connectivity index (χ1n) is 7.75. The molecule has 0 unspecified atom stereocenters. The second-order valence-corrected chi connectivity index (χ2v) is 5.56. The lowest BCUT2D eigenvalue weighted by atomic mass is 10.1. The van der Waals surface area contributed by atoms with E-state index >= 15 is 0 Å². The number of ether oxygens (including phenoxy) is 2. The van der Waals surface area contributed by atoms with Gasteiger partial charge in [0.2, 0.25) is 5.91 Å². The van der Waals surface area contributed by atoms with E-state index in [0.717, 1.165) is 11.1 Å². The number of benzene rings is 2. The van der Waals surface area contributed by atoms with Crippen LogP contribution in [0.15, 0.2) is 48.5 Å². The van der Waals surface area contributed by atoms with Crippen molar-refractivity contribution in [2.45, 2.75) is 13.5 Å². The molecule has 0 bridgehead atoms. The molecule has 2 rings (SSSR count). The van der Waals surface area contributed by atoms with Gasteiger partial charge in [-0.3, -0.25) is 4.79 Å². The van der Waals surface area contributed by atoms with Gasteiger partial charge in [0.05, 0.1) is 14.2 Å². The maximum absolute atomic E-state index is 12.3. The molecule has 2 aromatic carbocycles. The van der Waals surface area contributed by atoms with Crippen LogP contribution < -0.4 is 9.47 Å². The predicted molar refractivity (Wildman–Crippen MR) is 96.2 cm³/mol. The SMILES string of the molecule is COc1ccc(/C=C/C(=O)N(C)Cc2ccccc2C)c(OC)c1. The van der Waals surface area contributed by atoms with Gasteiger partial charge in [0.25, 0.3) is 0 Å². The normalized spacial score (nSPS) is 10.7. The van der Waals surface area contributed by atoms with Gasteiger partial charge in [0, 0.05) is 31.3 Å². The van der Waals surface area contributed by atoms with Gasteiger partial charge in [0.15, 0.2) is 0 Å². The molecule has 0 aliphatic carbocycles. The van der Waals surface area contributed by atoms with E-state index in [1.807, 2.05) is 43.3 Å². The molecular formula is C20H23NO3. The van der Waals surface area contributed by atoms with Crippen LogP contribution in [0.25, 0.3) is 6.08 Å². The van der Waals surface area contributed by atoms with Crippen molar-refractivity contribution in [3.63, 3.8) is 0 Å². The van der Waals surface area contributed by atoms with E-state index < -0.39 is 0 Å². The number of hydrogen-bond donors (Lipinski definition) is 0. The lowest BCUT2D eigenvalue weighted by Gasteiger charge is -2.16. The molecule has 24 heavy (non-hydrogen) atoms. The van der Waals surface area contributed by atoms with E-state index in [-0.39, 0.29) is 5.91 Å². The lowest BCUT2D eigenvalue weighted by molar-refractivity contribution is -0.125. The van der Waals surface area contributed by atoms with E-state index in [1.165, 1.54) is 5.56 Å². The molecule has 0 saturated heterocycles. The molecular weight excluding hydrogens is 302 g/mol. The molecule has 0 atom stereocenters. The number of methoxy groups -OCH3 is 2. The first-order chi connectivity index (χ1) is 11.5. The Bertz CT molecular complexity index is 737. The van der Waals surface area contributed by atoms with Crippen LogP contribution >= 0.6 is 0 Å². The number of hydrogen-bond acceptors (Lipinski definition) is 3. The summed E-state index contributed by atoms with van der Waals surface area (Å²) in [5.41, 5.74) is 3.15. The second kappa shape index (κ2) is 8.20. The fourth-order valence-electron chi connectivity index (χ4n) is 2.37. The summed E-state index contributed by atoms with van der Waals surface area (Å²) in [4.78, 5) is 14.0. The van der Waals surface area contributed by atoms with Gasteiger partial charge >= 0.3 is 0 Å². The molecule has 0 saturated carbocycles. The minimum Gasteiger partial charge on any atom is -0.497 e. The predicted octanol–water partition coefficient (Wildman–Crippen LogP) is 3.68. The molecule has 0 fully saturated rings. The Kier molecular flexibility index (Phi) is 6.01. The fraction of sp³-hybridized carbons (Fsp3) is 0.250. The highest BCUT2D eigenvalue weighted by Crippen LogP contribution is 2.25. The number of nitrogens with zero attached hydrogens (tertiary/aromatic N) is 1. The molecule has 0 aliphatic heterocycles. The monoisotopic (exact) mass is 325 g/mol. The van der Waals surface area contributed by atoms with Gasteiger partial charge in [-0.25, -0.2) is 0 Å². The first-order valence-corrected chi connectivity index (χ1v) is 7.75. The van der Waals surface area contributed by atoms with Crippen molar-refractivity contribution in [2.24, 2.45) is 0 Å². The molecule has 0 spiro atoms. The van der Waals surface area contributed by atoms with Crippen LogP contribution in [0.2, 0.25) is 0 Å². The Morgan fingerprint density at radius 3 is 2.54 bits per heavy atom. The summed E-state index contributed by atoms with van der Waals surface area (Å²) >= 11 is 0. The third kappa shape index (κ3) is 4.38. The number of carbonyl (C=O) groups is 1. The third-order valence-electron chi connectivity index (χ3n) is 3.89. The lowest BCUT2D eigenvalue weighted by Crippen LogP contribution is -2.24. The van der Waals surface area contributed by atoms with Crippen molar-refractivity contribution in [2.75, 3.05) is 21.3 Å². The summed E-state index contributed by atoms with van der Waals surface area (Å²) in [6, 6.07) is 13.6. The smallest absolute Gasteiger partial charge is 0.246 e. The second-order valence-electron chi connectivity index (χ2n) is 5.56. The molecule has 0 heterocycles. The van der Waals surface area contributed by atoms with Gasteiger partial charge < -0.3 is 14.4 Å². The van der Waals surface area contributed by atoms with Crippen LogP contribution in [-0.2, 0) is 11.3 Å². The van der Waals surface area contributed by atoms with Crippen LogP contribution in [0.3, 0.4) is 0 Å². The van der Waals surface area contributed by atoms with E-state index in [0.29, 0.717) is 18.0 Å². The zero-order chi connectivity index (χ0) is 17.5. The maximum atomic E-state index is 12.3. The summed E-state index contributed by atoms with van der Waals surface area (Å²) in [5.74, 6) is 1.32. The minimum atomic E-state index is -0.0591. The van der Waals surface area contributed by atoms with Gasteiger partial charge in [-0.1, -0.05) is 24.3 Å². The standard InChI is InChI=1S/C20H23NO3/c1-15-7-5-6-8-17(15)14-21(2)20(22)12-10-16-9-11-18(23-3)13-19(16)24-4/h5-13H,14H2,1-4H3/b12-10+. The van der Waals surface area contributed by atoms with E-state index in [1.54, 1.807) is 44.4 Å². The Morgan fingerprint density at radius 2 is 1.88 bits per heavy atom. The van der Waals surface area contributed by atoms with Crippen LogP contribution in [0, 0.1) is 6.92 Å². The van der Waals surface area contributed by atoms with Crippen molar-refractivity contribution in [1.29, 1.82) is 0 Å². The summed E-state index contributed by atoms with van der Waals surface area (Å²) in [7, 11) is 5.00. The minimum absolute atomic E-state index is 0.0591. The molecule has 126 valence electrons. The topological polar surface area (TPSA) is 38.8 Å². The van der Waals surface area contributed by atoms with Crippen molar-refractivity contribution < 1.29 is 14.3 Å². The summed E-state index contributed by atoms with van der Waals surface area (Å²) in [6.07, 6.45) is 3.32. The molecule has 1 amide bonds. The van der Waals surface area contributed by atoms with Gasteiger partial charge in [-0.2, -0.15) is 0 Å². The highest BCUT2D eigenvalue weighted by Gasteiger charge is 2.08. The molecule has 0 N–H and O–H groups in total. The number of likely N-dealkylation sites (N-methyl/N-ethyl adjacent to an activating group) is 1. The van der Waals surface area contributed by atoms with E-state index in [4.69, 9.17) is 9.47 Å². The van der Waals surface area contributed by atoms with Crippen LogP contribution in [0.4, 0.5) is 0 Å². The Labute approximate surface area is 143 Å². The van der Waals surface area contributed by atoms with Crippen LogP contribution in [-0.4, -0.2) is 32.1 Å². The maximum Gasteiger partial charge on any atom is 0.246 e. The van der Waals surface area contributed by atoms with Crippen molar-refractivity contribution in [1.82, 2.24) is 4.90 Å². The zero-order valence-corrected chi connectivity index (χ0v) is 14.6.